The van der Waals surface area contributed by atoms with Gasteiger partial charge in [0.2, 0.25) is 0 Å². The molecule has 2 N–H and O–H groups in total. The number of nitrogens with one attached hydrogen (secondary N) is 1. The summed E-state index contributed by atoms with van der Waals surface area (Å²) in [4.78, 5) is 22.8. The van der Waals surface area contributed by atoms with Crippen LogP contribution in [0.15, 0.2) is 0 Å². The van der Waals surface area contributed by atoms with Crippen LogP contribution in [0.4, 0.5) is 4.79 Å². The lowest BCUT2D eigenvalue weighted by atomic mass is 9.97. The van der Waals surface area contributed by atoms with Gasteiger partial charge >= 0.3 is 12.1 Å². The third kappa shape index (κ3) is 3.37. The molecule has 2 atom stereocenters. The number of carboxylic acids is 1. The van der Waals surface area contributed by atoms with E-state index in [-0.39, 0.29) is 12.5 Å². The van der Waals surface area contributed by atoms with Crippen LogP contribution in [0.5, 0.6) is 0 Å². The van der Waals surface area contributed by atoms with Crippen molar-refractivity contribution >= 4 is 12.1 Å². The molecule has 1 rings (SSSR count). The Bertz CT molecular complexity index is 345. The zero-order valence-electron chi connectivity index (χ0n) is 11.7. The molecular formula is C13H23NO4. The largest absolute Gasteiger partial charge is 0.481 e. The number of hydrogen-bond donors (Lipinski definition) is 2. The molecule has 0 aromatic carbocycles. The molecule has 104 valence electrons. The van der Waals surface area contributed by atoms with E-state index < -0.39 is 23.1 Å². The van der Waals surface area contributed by atoms with Crippen molar-refractivity contribution < 1.29 is 19.4 Å². The van der Waals surface area contributed by atoms with Crippen LogP contribution in [0.1, 0.15) is 41.0 Å². The highest BCUT2D eigenvalue weighted by Crippen LogP contribution is 2.56. The Morgan fingerprint density at radius 3 is 2.33 bits per heavy atom. The van der Waals surface area contributed by atoms with Gasteiger partial charge in [0.15, 0.2) is 0 Å². The molecule has 0 unspecified atom stereocenters. The van der Waals surface area contributed by atoms with E-state index in [9.17, 15) is 14.7 Å². The lowest BCUT2D eigenvalue weighted by Crippen LogP contribution is -2.39. The fraction of sp³-hybridized carbons (Fsp3) is 0.846. The van der Waals surface area contributed by atoms with Gasteiger partial charge in [-0.25, -0.2) is 4.79 Å². The monoisotopic (exact) mass is 257 g/mol. The van der Waals surface area contributed by atoms with Gasteiger partial charge in [-0.1, -0.05) is 13.8 Å². The predicted octanol–water partition coefficient (Wildman–Crippen LogP) is 2.26. The summed E-state index contributed by atoms with van der Waals surface area (Å²) >= 11 is 0. The standard InChI is InChI=1S/C13H23NO4/c1-8(2)9-6-13(9,10(15)16)7-14-11(17)18-12(3,4)5/h8-9H,6-7H2,1-5H3,(H,14,17)(H,15,16)/t9-,13-/m1/s1. The summed E-state index contributed by atoms with van der Waals surface area (Å²) in [5.74, 6) is -0.399. The number of aliphatic carboxylic acids is 1. The molecule has 0 radical (unpaired) electrons. The number of rotatable bonds is 4. The first-order chi connectivity index (χ1) is 8.08. The van der Waals surface area contributed by atoms with Crippen LogP contribution in [-0.4, -0.2) is 29.3 Å². The first kappa shape index (κ1) is 14.8. The van der Waals surface area contributed by atoms with E-state index in [1.807, 2.05) is 13.8 Å². The first-order valence-corrected chi connectivity index (χ1v) is 6.29. The zero-order valence-corrected chi connectivity index (χ0v) is 11.7. The molecule has 0 saturated heterocycles. The Balaban J connectivity index is 2.52. The van der Waals surface area contributed by atoms with Gasteiger partial charge in [0.25, 0.3) is 0 Å². The number of carboxylic acid groups (broad SMARTS) is 1. The van der Waals surface area contributed by atoms with Crippen molar-refractivity contribution in [3.05, 3.63) is 0 Å². The Hall–Kier alpha value is -1.26. The Morgan fingerprint density at radius 1 is 1.44 bits per heavy atom. The summed E-state index contributed by atoms with van der Waals surface area (Å²) < 4.78 is 5.09. The second-order valence-corrected chi connectivity index (χ2v) is 6.37. The molecule has 0 aliphatic heterocycles. The number of carbonyl (C=O) groups is 2. The second-order valence-electron chi connectivity index (χ2n) is 6.37. The summed E-state index contributed by atoms with van der Waals surface area (Å²) in [6.45, 7) is 9.46. The van der Waals surface area contributed by atoms with Crippen LogP contribution in [-0.2, 0) is 9.53 Å². The van der Waals surface area contributed by atoms with E-state index in [0.29, 0.717) is 12.3 Å². The Kier molecular flexibility index (Phi) is 3.93. The SMILES string of the molecule is CC(C)[C@H]1C[C@]1(CNC(=O)OC(C)(C)C)C(=O)O. The molecule has 1 saturated carbocycles. The van der Waals surface area contributed by atoms with Crippen LogP contribution in [0.25, 0.3) is 0 Å². The lowest BCUT2D eigenvalue weighted by molar-refractivity contribution is -0.144. The fourth-order valence-corrected chi connectivity index (χ4v) is 2.28. The number of amides is 1. The molecule has 0 bridgehead atoms. The number of ether oxygens (including phenoxy) is 1. The summed E-state index contributed by atoms with van der Waals surface area (Å²) in [6, 6.07) is 0. The van der Waals surface area contributed by atoms with Crippen LogP contribution in [0, 0.1) is 17.3 Å². The lowest BCUT2D eigenvalue weighted by Gasteiger charge is -2.21. The van der Waals surface area contributed by atoms with Gasteiger partial charge in [0.05, 0.1) is 5.41 Å². The second kappa shape index (κ2) is 4.78. The average molecular weight is 257 g/mol. The summed E-state index contributed by atoms with van der Waals surface area (Å²) in [5, 5.41) is 11.8. The average Bonchev–Trinajstić information content (AvgIpc) is 2.87. The minimum Gasteiger partial charge on any atom is -0.481 e. The quantitative estimate of drug-likeness (QED) is 0.810. The van der Waals surface area contributed by atoms with Crippen LogP contribution in [0.2, 0.25) is 0 Å². The normalized spacial score (nSPS) is 26.9. The maximum Gasteiger partial charge on any atom is 0.407 e. The molecule has 1 amide bonds. The van der Waals surface area contributed by atoms with E-state index in [1.54, 1.807) is 20.8 Å². The van der Waals surface area contributed by atoms with E-state index in [4.69, 9.17) is 4.74 Å². The van der Waals surface area contributed by atoms with Crippen molar-refractivity contribution in [2.24, 2.45) is 17.3 Å². The van der Waals surface area contributed by atoms with Crippen molar-refractivity contribution in [2.45, 2.75) is 46.6 Å². The highest BCUT2D eigenvalue weighted by molar-refractivity contribution is 5.80. The fourth-order valence-electron chi connectivity index (χ4n) is 2.28. The predicted molar refractivity (Wildman–Crippen MR) is 67.3 cm³/mol. The molecule has 0 aromatic heterocycles. The van der Waals surface area contributed by atoms with Crippen molar-refractivity contribution in [3.8, 4) is 0 Å². The number of carbonyl (C=O) groups excluding carboxylic acids is 1. The maximum atomic E-state index is 11.5. The number of hydrogen-bond acceptors (Lipinski definition) is 3. The molecular weight excluding hydrogens is 234 g/mol. The van der Waals surface area contributed by atoms with Gasteiger partial charge in [0.1, 0.15) is 5.60 Å². The van der Waals surface area contributed by atoms with E-state index in [1.165, 1.54) is 0 Å². The molecule has 1 aliphatic rings. The van der Waals surface area contributed by atoms with Crippen molar-refractivity contribution in [1.29, 1.82) is 0 Å². The third-order valence-corrected chi connectivity index (χ3v) is 3.31. The van der Waals surface area contributed by atoms with Gasteiger partial charge in [-0.2, -0.15) is 0 Å². The van der Waals surface area contributed by atoms with Crippen molar-refractivity contribution in [3.63, 3.8) is 0 Å². The van der Waals surface area contributed by atoms with E-state index >= 15 is 0 Å². The molecule has 5 heteroatoms. The molecule has 18 heavy (non-hydrogen) atoms. The van der Waals surface area contributed by atoms with E-state index in [0.717, 1.165) is 0 Å². The maximum absolute atomic E-state index is 11.5. The Labute approximate surface area is 108 Å². The van der Waals surface area contributed by atoms with Gasteiger partial charge in [-0.15, -0.1) is 0 Å². The Morgan fingerprint density at radius 2 is 2.00 bits per heavy atom. The zero-order chi connectivity index (χ0) is 14.1. The minimum absolute atomic E-state index is 0.130. The third-order valence-electron chi connectivity index (χ3n) is 3.31. The van der Waals surface area contributed by atoms with Gasteiger partial charge in [0, 0.05) is 6.54 Å². The molecule has 1 fully saturated rings. The molecule has 1 aliphatic carbocycles. The first-order valence-electron chi connectivity index (χ1n) is 6.29. The van der Waals surface area contributed by atoms with Gasteiger partial charge < -0.3 is 15.2 Å². The number of alkyl carbamates (subject to hydrolysis) is 1. The van der Waals surface area contributed by atoms with Crippen LogP contribution in [0.3, 0.4) is 0 Å². The van der Waals surface area contributed by atoms with Gasteiger partial charge in [-0.05, 0) is 39.0 Å². The topological polar surface area (TPSA) is 75.6 Å². The molecule has 0 aromatic rings. The summed E-state index contributed by atoms with van der Waals surface area (Å²) in [7, 11) is 0. The van der Waals surface area contributed by atoms with Crippen molar-refractivity contribution in [2.75, 3.05) is 6.54 Å². The molecule has 0 spiro atoms. The van der Waals surface area contributed by atoms with E-state index in [2.05, 4.69) is 5.32 Å². The highest BCUT2D eigenvalue weighted by atomic mass is 16.6. The van der Waals surface area contributed by atoms with Gasteiger partial charge in [-0.3, -0.25) is 4.79 Å². The molecule has 0 heterocycles. The van der Waals surface area contributed by atoms with Crippen LogP contribution >= 0.6 is 0 Å². The molecule has 5 nitrogen and oxygen atoms in total. The smallest absolute Gasteiger partial charge is 0.407 e. The highest BCUT2D eigenvalue weighted by Gasteiger charge is 2.61. The summed E-state index contributed by atoms with van der Waals surface area (Å²) in [5.41, 5.74) is -1.37. The van der Waals surface area contributed by atoms with Crippen LogP contribution < -0.4 is 5.32 Å². The minimum atomic E-state index is -0.836. The van der Waals surface area contributed by atoms with Crippen molar-refractivity contribution in [1.82, 2.24) is 5.32 Å². The summed E-state index contributed by atoms with van der Waals surface area (Å²) in [6.07, 6.45) is 0.0630.